The standard InChI is InChI=1S/C11H11N.C7H9N.C2H6.CH4.CH3.2Y/c1-2-9-7-8-12-11-6-4-3-5-10(9)11;1-2-7-3-5-8-6-4-7;1-2;;;;/h3-8H,2H2,1H3;3-6H,2H2,1H3;1-2H3;1H4;1H3;;/q;;;;-1;;. The number of pyridine rings is 2. The van der Waals surface area contributed by atoms with Crippen LogP contribution < -0.4 is 0 Å². The SMILES string of the molecule is C.CC.CCc1ccnc2ccccc12.CCc1ccncc1.[CH3-].[Y].[Y]. The van der Waals surface area contributed by atoms with Gasteiger partial charge in [-0.15, -0.1) is 0 Å². The minimum Gasteiger partial charge on any atom is -0.358 e. The fraction of sp³-hybridized carbons (Fsp3) is 0.318. The molecule has 0 unspecified atom stereocenters. The van der Waals surface area contributed by atoms with Crippen LogP contribution in [-0.2, 0) is 78.3 Å². The Morgan fingerprint density at radius 3 is 1.85 bits per heavy atom. The minimum atomic E-state index is 0. The Balaban J connectivity index is -0.000000156. The molecule has 0 N–H and O–H groups in total. The van der Waals surface area contributed by atoms with Gasteiger partial charge >= 0.3 is 0 Å². The molecule has 3 rings (SSSR count). The molecule has 0 atom stereocenters. The summed E-state index contributed by atoms with van der Waals surface area (Å²) in [6.45, 7) is 8.30. The third kappa shape index (κ3) is 11.6. The first-order valence-electron chi connectivity index (χ1n) is 8.06. The second-order valence-corrected chi connectivity index (χ2v) is 4.55. The number of hydrogen-bond donors (Lipinski definition) is 0. The van der Waals surface area contributed by atoms with E-state index in [0.717, 1.165) is 18.4 Å². The van der Waals surface area contributed by atoms with Gasteiger partial charge in [-0.25, -0.2) is 0 Å². The van der Waals surface area contributed by atoms with Crippen molar-refractivity contribution in [1.29, 1.82) is 0 Å². The molecular weight excluding hydrogens is 470 g/mol. The minimum absolute atomic E-state index is 0. The molecule has 0 aliphatic heterocycles. The van der Waals surface area contributed by atoms with Crippen molar-refractivity contribution in [2.75, 3.05) is 0 Å². The molecule has 1 aromatic carbocycles. The first kappa shape index (κ1) is 33.6. The van der Waals surface area contributed by atoms with Gasteiger partial charge in [0.2, 0.25) is 0 Å². The normalized spacial score (nSPS) is 7.85. The van der Waals surface area contributed by atoms with Crippen LogP contribution in [0, 0.1) is 7.43 Å². The zero-order valence-electron chi connectivity index (χ0n) is 16.2. The summed E-state index contributed by atoms with van der Waals surface area (Å²) in [7, 11) is 0. The van der Waals surface area contributed by atoms with E-state index in [1.807, 2.05) is 50.6 Å². The molecule has 138 valence electrons. The predicted molar refractivity (Wildman–Crippen MR) is 109 cm³/mol. The van der Waals surface area contributed by atoms with Crippen LogP contribution in [-0.4, -0.2) is 9.97 Å². The molecule has 0 amide bonds. The maximum absolute atomic E-state index is 4.29. The number of aromatic nitrogens is 2. The van der Waals surface area contributed by atoms with Crippen molar-refractivity contribution in [1.82, 2.24) is 9.97 Å². The number of hydrogen-bond acceptors (Lipinski definition) is 2. The summed E-state index contributed by atoms with van der Waals surface area (Å²) in [6, 6.07) is 14.4. The van der Waals surface area contributed by atoms with E-state index >= 15 is 0 Å². The summed E-state index contributed by atoms with van der Waals surface area (Å²) in [5.74, 6) is 0. The maximum Gasteiger partial charge on any atom is 0.0704 e. The Hall–Kier alpha value is -0.0122. The quantitative estimate of drug-likeness (QED) is 0.371. The van der Waals surface area contributed by atoms with E-state index < -0.39 is 0 Å². The summed E-state index contributed by atoms with van der Waals surface area (Å²) >= 11 is 0. The van der Waals surface area contributed by atoms with Gasteiger partial charge in [0.15, 0.2) is 0 Å². The van der Waals surface area contributed by atoms with Gasteiger partial charge in [-0.3, -0.25) is 9.97 Å². The van der Waals surface area contributed by atoms with Crippen molar-refractivity contribution in [3.05, 3.63) is 79.6 Å². The second-order valence-electron chi connectivity index (χ2n) is 4.55. The average Bonchev–Trinajstić information content (AvgIpc) is 2.64. The van der Waals surface area contributed by atoms with E-state index in [1.54, 1.807) is 0 Å². The fourth-order valence-electron chi connectivity index (χ4n) is 2.08. The molecule has 0 spiro atoms. The predicted octanol–water partition coefficient (Wildman–Crippen LogP) is 6.55. The van der Waals surface area contributed by atoms with Gasteiger partial charge < -0.3 is 7.43 Å². The average molecular weight is 503 g/mol. The molecule has 0 saturated heterocycles. The largest absolute Gasteiger partial charge is 0.358 e. The van der Waals surface area contributed by atoms with E-state index in [0.29, 0.717) is 0 Å². The molecule has 3 aromatic rings. The Morgan fingerprint density at radius 1 is 0.769 bits per heavy atom. The fourth-order valence-corrected chi connectivity index (χ4v) is 2.08. The van der Waals surface area contributed by atoms with Crippen molar-refractivity contribution >= 4 is 10.9 Å². The van der Waals surface area contributed by atoms with Crippen LogP contribution in [0.15, 0.2) is 61.1 Å². The Labute approximate surface area is 211 Å². The Bertz CT molecular complexity index is 653. The zero-order chi connectivity index (χ0) is 16.2. The van der Waals surface area contributed by atoms with Gasteiger partial charge in [-0.1, -0.05) is 53.3 Å². The number of nitrogens with zero attached hydrogens (tertiary/aromatic N) is 2. The number of rotatable bonds is 2. The second kappa shape index (κ2) is 21.3. The summed E-state index contributed by atoms with van der Waals surface area (Å²) in [5, 5.41) is 1.28. The van der Waals surface area contributed by atoms with Crippen LogP contribution in [0.25, 0.3) is 10.9 Å². The monoisotopic (exact) mass is 503 g/mol. The van der Waals surface area contributed by atoms with Crippen LogP contribution in [0.1, 0.15) is 46.2 Å². The molecule has 2 heterocycles. The van der Waals surface area contributed by atoms with Crippen molar-refractivity contribution in [2.45, 2.75) is 48.0 Å². The summed E-state index contributed by atoms with van der Waals surface area (Å²) < 4.78 is 0. The van der Waals surface area contributed by atoms with Gasteiger partial charge in [0.05, 0.1) is 5.52 Å². The number of aryl methyl sites for hydroxylation is 2. The third-order valence-corrected chi connectivity index (χ3v) is 3.28. The molecule has 4 heteroatoms. The summed E-state index contributed by atoms with van der Waals surface area (Å²) in [5.41, 5.74) is 3.82. The van der Waals surface area contributed by atoms with Crippen LogP contribution in [0.4, 0.5) is 0 Å². The van der Waals surface area contributed by atoms with Crippen LogP contribution in [0.3, 0.4) is 0 Å². The van der Waals surface area contributed by atoms with Gasteiger partial charge in [-0.05, 0) is 48.2 Å². The zero-order valence-corrected chi connectivity index (χ0v) is 21.9. The van der Waals surface area contributed by atoms with Crippen LogP contribution in [0.2, 0.25) is 0 Å². The number of fused-ring (bicyclic) bond motifs is 1. The van der Waals surface area contributed by atoms with Crippen LogP contribution >= 0.6 is 0 Å². The van der Waals surface area contributed by atoms with Gasteiger partial charge in [0.1, 0.15) is 0 Å². The van der Waals surface area contributed by atoms with E-state index in [-0.39, 0.29) is 80.3 Å². The molecule has 2 nitrogen and oxygen atoms in total. The molecule has 0 aliphatic carbocycles. The molecule has 2 aromatic heterocycles. The van der Waals surface area contributed by atoms with Crippen LogP contribution in [0.5, 0.6) is 0 Å². The number of para-hydroxylation sites is 1. The topological polar surface area (TPSA) is 25.8 Å². The van der Waals surface area contributed by atoms with E-state index in [9.17, 15) is 0 Å². The van der Waals surface area contributed by atoms with E-state index in [1.165, 1.54) is 16.5 Å². The Morgan fingerprint density at radius 2 is 1.35 bits per heavy atom. The van der Waals surface area contributed by atoms with Crippen molar-refractivity contribution in [3.8, 4) is 0 Å². The molecule has 26 heavy (non-hydrogen) atoms. The van der Waals surface area contributed by atoms with Crippen molar-refractivity contribution in [2.24, 2.45) is 0 Å². The summed E-state index contributed by atoms with van der Waals surface area (Å²) in [4.78, 5) is 8.18. The molecule has 2 radical (unpaired) electrons. The molecule has 0 saturated carbocycles. The van der Waals surface area contributed by atoms with Crippen molar-refractivity contribution < 1.29 is 65.4 Å². The molecule has 0 fully saturated rings. The summed E-state index contributed by atoms with van der Waals surface area (Å²) in [6.07, 6.45) is 7.68. The smallest absolute Gasteiger partial charge is 0.0704 e. The molecule has 0 aliphatic rings. The van der Waals surface area contributed by atoms with Gasteiger partial charge in [-0.2, -0.15) is 0 Å². The Kier molecular flexibility index (Phi) is 27.5. The van der Waals surface area contributed by atoms with Crippen molar-refractivity contribution in [3.63, 3.8) is 0 Å². The van der Waals surface area contributed by atoms with Gasteiger partial charge in [0, 0.05) is 89.4 Å². The van der Waals surface area contributed by atoms with E-state index in [4.69, 9.17) is 0 Å². The first-order valence-corrected chi connectivity index (χ1v) is 8.06. The third-order valence-electron chi connectivity index (χ3n) is 3.28. The number of benzene rings is 1. The van der Waals surface area contributed by atoms with Gasteiger partial charge in [0.25, 0.3) is 0 Å². The van der Waals surface area contributed by atoms with E-state index in [2.05, 4.69) is 48.1 Å². The molecular formula is C22H33N2Y2-. The first-order chi connectivity index (χ1) is 10.8. The molecule has 0 bridgehead atoms. The maximum atomic E-state index is 4.29.